The van der Waals surface area contributed by atoms with Crippen LogP contribution in [0.1, 0.15) is 36.0 Å². The lowest BCUT2D eigenvalue weighted by Crippen LogP contribution is -2.28. The Hall–Kier alpha value is -1.22. The maximum absolute atomic E-state index is 13.4. The summed E-state index contributed by atoms with van der Waals surface area (Å²) in [5, 5.41) is 3.30. The molecule has 1 aliphatic heterocycles. The molecular weight excluding hydrogens is 217 g/mol. The molecule has 0 bridgehead atoms. The third-order valence-corrected chi connectivity index (χ3v) is 3.41. The minimum atomic E-state index is -0.400. The number of Topliss-reactive ketones (excluding diaryl/α,β-unsaturated/α-hetero) is 1. The Balaban J connectivity index is 1.87. The molecule has 0 spiro atoms. The molecule has 1 aromatic rings. The Kier molecular flexibility index (Phi) is 4.26. The van der Waals surface area contributed by atoms with Gasteiger partial charge in [0.25, 0.3) is 0 Å². The molecule has 1 aliphatic rings. The van der Waals surface area contributed by atoms with Crippen LogP contribution in [-0.2, 0) is 0 Å². The monoisotopic (exact) mass is 235 g/mol. The highest BCUT2D eigenvalue weighted by Crippen LogP contribution is 2.20. The summed E-state index contributed by atoms with van der Waals surface area (Å²) in [7, 11) is 0. The normalized spacial score (nSPS) is 17.0. The zero-order valence-electron chi connectivity index (χ0n) is 9.92. The molecule has 0 unspecified atom stereocenters. The molecule has 0 amide bonds. The van der Waals surface area contributed by atoms with E-state index in [1.165, 1.54) is 6.07 Å². The van der Waals surface area contributed by atoms with Crippen LogP contribution in [0.4, 0.5) is 4.39 Å². The first kappa shape index (κ1) is 12.2. The van der Waals surface area contributed by atoms with Gasteiger partial charge in [-0.1, -0.05) is 12.1 Å². The van der Waals surface area contributed by atoms with Gasteiger partial charge in [0.05, 0.1) is 5.56 Å². The summed E-state index contributed by atoms with van der Waals surface area (Å²) in [6, 6.07) is 6.23. The molecule has 3 heteroatoms. The van der Waals surface area contributed by atoms with Crippen LogP contribution >= 0.6 is 0 Å². The topological polar surface area (TPSA) is 29.1 Å². The number of nitrogens with one attached hydrogen (secondary N) is 1. The zero-order valence-corrected chi connectivity index (χ0v) is 9.92. The molecule has 1 heterocycles. The van der Waals surface area contributed by atoms with Crippen molar-refractivity contribution in [2.75, 3.05) is 13.1 Å². The molecule has 2 rings (SSSR count). The lowest BCUT2D eigenvalue weighted by molar-refractivity contribution is 0.0967. The number of benzene rings is 1. The van der Waals surface area contributed by atoms with E-state index in [1.807, 2.05) is 0 Å². The highest BCUT2D eigenvalue weighted by molar-refractivity contribution is 5.96. The quantitative estimate of drug-likeness (QED) is 0.813. The molecule has 0 radical (unpaired) electrons. The molecular formula is C14H18FNO. The first-order valence-electron chi connectivity index (χ1n) is 6.26. The largest absolute Gasteiger partial charge is 0.317 e. The molecule has 0 saturated carbocycles. The van der Waals surface area contributed by atoms with Crippen LogP contribution in [-0.4, -0.2) is 18.9 Å². The molecule has 0 atom stereocenters. The van der Waals surface area contributed by atoms with Crippen LogP contribution in [0, 0.1) is 11.7 Å². The molecule has 0 aliphatic carbocycles. The second-order valence-corrected chi connectivity index (χ2v) is 4.64. The zero-order chi connectivity index (χ0) is 12.1. The van der Waals surface area contributed by atoms with Gasteiger partial charge in [-0.15, -0.1) is 0 Å². The van der Waals surface area contributed by atoms with E-state index in [2.05, 4.69) is 5.32 Å². The second-order valence-electron chi connectivity index (χ2n) is 4.64. The molecule has 1 fully saturated rings. The van der Waals surface area contributed by atoms with Gasteiger partial charge in [0.15, 0.2) is 5.78 Å². The average molecular weight is 235 g/mol. The fourth-order valence-corrected chi connectivity index (χ4v) is 2.33. The Morgan fingerprint density at radius 3 is 2.71 bits per heavy atom. The summed E-state index contributed by atoms with van der Waals surface area (Å²) in [5.41, 5.74) is 0.237. The summed E-state index contributed by atoms with van der Waals surface area (Å²) in [6.07, 6.45) is 3.61. The molecule has 1 aromatic carbocycles. The Labute approximate surface area is 101 Å². The number of hydrogen-bond acceptors (Lipinski definition) is 2. The van der Waals surface area contributed by atoms with Gasteiger partial charge in [0.2, 0.25) is 0 Å². The standard InChI is InChI=1S/C14H18FNO/c15-13-4-2-1-3-12(13)14(17)6-5-11-7-9-16-10-8-11/h1-4,11,16H,5-10H2. The first-order chi connectivity index (χ1) is 8.27. The van der Waals surface area contributed by atoms with E-state index in [9.17, 15) is 9.18 Å². The fourth-order valence-electron chi connectivity index (χ4n) is 2.33. The van der Waals surface area contributed by atoms with Crippen molar-refractivity contribution >= 4 is 5.78 Å². The summed E-state index contributed by atoms with van der Waals surface area (Å²) in [4.78, 5) is 11.9. The summed E-state index contributed by atoms with van der Waals surface area (Å²) in [6.45, 7) is 2.08. The molecule has 1 saturated heterocycles. The molecule has 17 heavy (non-hydrogen) atoms. The minimum Gasteiger partial charge on any atom is -0.317 e. The molecule has 2 nitrogen and oxygen atoms in total. The highest BCUT2D eigenvalue weighted by Gasteiger charge is 2.16. The lowest BCUT2D eigenvalue weighted by atomic mass is 9.91. The number of piperidine rings is 1. The average Bonchev–Trinajstić information content (AvgIpc) is 2.38. The summed E-state index contributed by atoms with van der Waals surface area (Å²) in [5.74, 6) is 0.149. The predicted molar refractivity (Wildman–Crippen MR) is 65.6 cm³/mol. The van der Waals surface area contributed by atoms with Crippen molar-refractivity contribution in [3.63, 3.8) is 0 Å². The smallest absolute Gasteiger partial charge is 0.165 e. The fraction of sp³-hybridized carbons (Fsp3) is 0.500. The Bertz CT molecular complexity index is 386. The van der Waals surface area contributed by atoms with Gasteiger partial charge in [-0.05, 0) is 50.4 Å². The van der Waals surface area contributed by atoms with Crippen LogP contribution < -0.4 is 5.32 Å². The van der Waals surface area contributed by atoms with Gasteiger partial charge >= 0.3 is 0 Å². The first-order valence-corrected chi connectivity index (χ1v) is 6.26. The van der Waals surface area contributed by atoms with Crippen molar-refractivity contribution in [2.45, 2.75) is 25.7 Å². The molecule has 1 N–H and O–H groups in total. The predicted octanol–water partition coefficient (Wildman–Crippen LogP) is 2.79. The van der Waals surface area contributed by atoms with E-state index in [4.69, 9.17) is 0 Å². The SMILES string of the molecule is O=C(CCC1CCNCC1)c1ccccc1F. The van der Waals surface area contributed by atoms with Crippen molar-refractivity contribution in [3.8, 4) is 0 Å². The van der Waals surface area contributed by atoms with E-state index in [0.717, 1.165) is 32.4 Å². The van der Waals surface area contributed by atoms with Crippen LogP contribution in [0.25, 0.3) is 0 Å². The van der Waals surface area contributed by atoms with E-state index in [1.54, 1.807) is 18.2 Å². The van der Waals surface area contributed by atoms with E-state index < -0.39 is 5.82 Å². The van der Waals surface area contributed by atoms with Gasteiger partial charge in [-0.25, -0.2) is 4.39 Å². The van der Waals surface area contributed by atoms with E-state index in [0.29, 0.717) is 12.3 Å². The van der Waals surface area contributed by atoms with Gasteiger partial charge < -0.3 is 5.32 Å². The number of carbonyl (C=O) groups is 1. The summed E-state index contributed by atoms with van der Waals surface area (Å²) >= 11 is 0. The maximum Gasteiger partial charge on any atom is 0.165 e. The van der Waals surface area contributed by atoms with Gasteiger partial charge in [0.1, 0.15) is 5.82 Å². The number of rotatable bonds is 4. The number of ketones is 1. The van der Waals surface area contributed by atoms with Gasteiger partial charge in [-0.2, -0.15) is 0 Å². The van der Waals surface area contributed by atoms with Gasteiger partial charge in [-0.3, -0.25) is 4.79 Å². The van der Waals surface area contributed by atoms with Gasteiger partial charge in [0, 0.05) is 6.42 Å². The number of carbonyl (C=O) groups excluding carboxylic acids is 1. The minimum absolute atomic E-state index is 0.0679. The summed E-state index contributed by atoms with van der Waals surface area (Å²) < 4.78 is 13.4. The van der Waals surface area contributed by atoms with Crippen LogP contribution in [0.15, 0.2) is 24.3 Å². The highest BCUT2D eigenvalue weighted by atomic mass is 19.1. The Morgan fingerprint density at radius 1 is 1.29 bits per heavy atom. The van der Waals surface area contributed by atoms with E-state index >= 15 is 0 Å². The maximum atomic E-state index is 13.4. The second kappa shape index (κ2) is 5.92. The molecule has 0 aromatic heterocycles. The lowest BCUT2D eigenvalue weighted by Gasteiger charge is -2.22. The van der Waals surface area contributed by atoms with Crippen molar-refractivity contribution in [2.24, 2.45) is 5.92 Å². The number of halogens is 1. The van der Waals surface area contributed by atoms with Crippen molar-refractivity contribution in [1.29, 1.82) is 0 Å². The Morgan fingerprint density at radius 2 is 2.00 bits per heavy atom. The van der Waals surface area contributed by atoms with E-state index in [-0.39, 0.29) is 11.3 Å². The third-order valence-electron chi connectivity index (χ3n) is 3.41. The van der Waals surface area contributed by atoms with Crippen LogP contribution in [0.3, 0.4) is 0 Å². The number of hydrogen-bond donors (Lipinski definition) is 1. The van der Waals surface area contributed by atoms with Crippen molar-refractivity contribution in [3.05, 3.63) is 35.6 Å². The molecule has 92 valence electrons. The van der Waals surface area contributed by atoms with Crippen molar-refractivity contribution in [1.82, 2.24) is 5.32 Å². The van der Waals surface area contributed by atoms with Crippen LogP contribution in [0.5, 0.6) is 0 Å². The van der Waals surface area contributed by atoms with Crippen LogP contribution in [0.2, 0.25) is 0 Å². The third kappa shape index (κ3) is 3.37. The van der Waals surface area contributed by atoms with Crippen molar-refractivity contribution < 1.29 is 9.18 Å².